The zero-order valence-corrected chi connectivity index (χ0v) is 12.3. The molecular formula is C13H13ClN2O3S. The van der Waals surface area contributed by atoms with E-state index in [1.807, 2.05) is 0 Å². The largest absolute Gasteiger partial charge is 0.481 e. The van der Waals surface area contributed by atoms with E-state index in [0.29, 0.717) is 33.3 Å². The smallest absolute Gasteiger partial charge is 0.307 e. The molecule has 0 spiro atoms. The molecule has 7 heteroatoms. The molecule has 1 unspecified atom stereocenters. The Labute approximate surface area is 124 Å². The first-order chi connectivity index (χ1) is 9.47. The van der Waals surface area contributed by atoms with E-state index in [0.717, 1.165) is 0 Å². The van der Waals surface area contributed by atoms with E-state index in [1.54, 1.807) is 25.1 Å². The monoisotopic (exact) mass is 312 g/mol. The predicted octanol–water partition coefficient (Wildman–Crippen LogP) is 2.53. The third-order valence-electron chi connectivity index (χ3n) is 2.74. The molecule has 0 aliphatic heterocycles. The fraction of sp³-hybridized carbons (Fsp3) is 0.308. The highest BCUT2D eigenvalue weighted by Gasteiger charge is 2.11. The number of carbonyl (C=O) groups is 1. The van der Waals surface area contributed by atoms with Gasteiger partial charge in [-0.25, -0.2) is 4.98 Å². The highest BCUT2D eigenvalue weighted by molar-refractivity contribution is 7.98. The van der Waals surface area contributed by atoms with Crippen LogP contribution in [0.5, 0.6) is 0 Å². The minimum absolute atomic E-state index is 0.237. The van der Waals surface area contributed by atoms with Crippen LogP contribution in [0.4, 0.5) is 0 Å². The second-order valence-electron chi connectivity index (χ2n) is 4.43. The summed E-state index contributed by atoms with van der Waals surface area (Å²) in [5.41, 5.74) is 0.347. The van der Waals surface area contributed by atoms with E-state index in [4.69, 9.17) is 16.7 Å². The van der Waals surface area contributed by atoms with Gasteiger partial charge in [0, 0.05) is 10.8 Å². The van der Waals surface area contributed by atoms with Crippen molar-refractivity contribution < 1.29 is 9.90 Å². The van der Waals surface area contributed by atoms with Gasteiger partial charge in [0.1, 0.15) is 5.82 Å². The number of thioether (sulfide) groups is 1. The lowest BCUT2D eigenvalue weighted by Crippen LogP contribution is -2.14. The maximum atomic E-state index is 11.9. The van der Waals surface area contributed by atoms with Crippen LogP contribution in [-0.4, -0.2) is 26.8 Å². The van der Waals surface area contributed by atoms with Crippen molar-refractivity contribution in [3.8, 4) is 0 Å². The molecule has 106 valence electrons. The first-order valence-corrected chi connectivity index (χ1v) is 7.49. The maximum absolute atomic E-state index is 11.9. The number of hydrogen-bond donors (Lipinski definition) is 2. The third-order valence-corrected chi connectivity index (χ3v) is 4.19. The molecule has 1 atom stereocenters. The summed E-state index contributed by atoms with van der Waals surface area (Å²) in [5.74, 6) is 0.217. The van der Waals surface area contributed by atoms with Crippen LogP contribution in [0.2, 0.25) is 5.02 Å². The molecule has 0 fully saturated rings. The summed E-state index contributed by atoms with van der Waals surface area (Å²) in [6.45, 7) is 1.65. The number of aromatic amines is 1. The molecule has 0 bridgehead atoms. The molecule has 20 heavy (non-hydrogen) atoms. The number of benzene rings is 1. The van der Waals surface area contributed by atoms with Gasteiger partial charge >= 0.3 is 5.97 Å². The van der Waals surface area contributed by atoms with E-state index >= 15 is 0 Å². The Morgan fingerprint density at radius 2 is 2.30 bits per heavy atom. The van der Waals surface area contributed by atoms with Gasteiger partial charge in [0.15, 0.2) is 0 Å². The van der Waals surface area contributed by atoms with Crippen molar-refractivity contribution in [1.29, 1.82) is 0 Å². The maximum Gasteiger partial charge on any atom is 0.307 e. The standard InChI is InChI=1S/C13H13ClN2O3S/c1-7(13(18)19)5-20-6-11-15-10-3-2-8(14)4-9(10)12(17)16-11/h2-4,7H,5-6H2,1H3,(H,18,19)(H,15,16,17). The average Bonchev–Trinajstić information content (AvgIpc) is 2.39. The number of aromatic nitrogens is 2. The van der Waals surface area contributed by atoms with Crippen molar-refractivity contribution >= 4 is 40.2 Å². The summed E-state index contributed by atoms with van der Waals surface area (Å²) in [6, 6.07) is 4.95. The Morgan fingerprint density at radius 3 is 3.00 bits per heavy atom. The van der Waals surface area contributed by atoms with Crippen molar-refractivity contribution in [2.75, 3.05) is 5.75 Å². The first kappa shape index (κ1) is 14.9. The van der Waals surface area contributed by atoms with Crippen molar-refractivity contribution in [1.82, 2.24) is 9.97 Å². The lowest BCUT2D eigenvalue weighted by Gasteiger charge is -2.06. The molecule has 1 aromatic carbocycles. The van der Waals surface area contributed by atoms with Gasteiger partial charge in [0.2, 0.25) is 0 Å². The topological polar surface area (TPSA) is 83.0 Å². The van der Waals surface area contributed by atoms with Gasteiger partial charge in [0.05, 0.1) is 22.6 Å². The third kappa shape index (κ3) is 3.52. The lowest BCUT2D eigenvalue weighted by molar-refractivity contribution is -0.140. The zero-order chi connectivity index (χ0) is 14.7. The van der Waals surface area contributed by atoms with E-state index in [1.165, 1.54) is 11.8 Å². The van der Waals surface area contributed by atoms with E-state index < -0.39 is 11.9 Å². The van der Waals surface area contributed by atoms with E-state index in [9.17, 15) is 9.59 Å². The Balaban J connectivity index is 2.14. The van der Waals surface area contributed by atoms with Gasteiger partial charge in [-0.3, -0.25) is 9.59 Å². The second kappa shape index (κ2) is 6.28. The lowest BCUT2D eigenvalue weighted by atomic mass is 10.2. The fourth-order valence-electron chi connectivity index (χ4n) is 1.63. The molecular weight excluding hydrogens is 300 g/mol. The van der Waals surface area contributed by atoms with Crippen LogP contribution >= 0.6 is 23.4 Å². The van der Waals surface area contributed by atoms with Gasteiger partial charge in [-0.05, 0) is 18.2 Å². The van der Waals surface area contributed by atoms with E-state index in [2.05, 4.69) is 9.97 Å². The molecule has 0 radical (unpaired) electrons. The zero-order valence-electron chi connectivity index (χ0n) is 10.7. The number of fused-ring (bicyclic) bond motifs is 1. The van der Waals surface area contributed by atoms with Gasteiger partial charge in [0.25, 0.3) is 5.56 Å². The number of nitrogens with one attached hydrogen (secondary N) is 1. The Morgan fingerprint density at radius 1 is 1.55 bits per heavy atom. The summed E-state index contributed by atoms with van der Waals surface area (Å²) >= 11 is 7.26. The second-order valence-corrected chi connectivity index (χ2v) is 5.90. The minimum Gasteiger partial charge on any atom is -0.481 e. The predicted molar refractivity (Wildman–Crippen MR) is 80.3 cm³/mol. The van der Waals surface area contributed by atoms with Gasteiger partial charge in [-0.2, -0.15) is 11.8 Å². The van der Waals surface area contributed by atoms with Crippen LogP contribution in [0.1, 0.15) is 12.7 Å². The van der Waals surface area contributed by atoms with Crippen molar-refractivity contribution in [3.05, 3.63) is 39.4 Å². The summed E-state index contributed by atoms with van der Waals surface area (Å²) in [4.78, 5) is 29.6. The molecule has 5 nitrogen and oxygen atoms in total. The summed E-state index contributed by atoms with van der Waals surface area (Å²) < 4.78 is 0. The average molecular weight is 313 g/mol. The molecule has 1 aromatic heterocycles. The van der Waals surface area contributed by atoms with Gasteiger partial charge < -0.3 is 10.1 Å². The van der Waals surface area contributed by atoms with Crippen molar-refractivity contribution in [2.24, 2.45) is 5.92 Å². The summed E-state index contributed by atoms with van der Waals surface area (Å²) in [5, 5.41) is 9.73. The Bertz CT molecular complexity index is 702. The highest BCUT2D eigenvalue weighted by Crippen LogP contribution is 2.17. The molecule has 2 N–H and O–H groups in total. The number of carboxylic acids is 1. The van der Waals surface area contributed by atoms with Crippen molar-refractivity contribution in [3.63, 3.8) is 0 Å². The van der Waals surface area contributed by atoms with Crippen LogP contribution in [-0.2, 0) is 10.5 Å². The molecule has 2 aromatic rings. The number of carboxylic acid groups (broad SMARTS) is 1. The van der Waals surface area contributed by atoms with Gasteiger partial charge in [-0.15, -0.1) is 0 Å². The van der Waals surface area contributed by atoms with Crippen LogP contribution in [0.15, 0.2) is 23.0 Å². The number of halogens is 1. The number of hydrogen-bond acceptors (Lipinski definition) is 4. The fourth-order valence-corrected chi connectivity index (χ4v) is 2.75. The first-order valence-electron chi connectivity index (χ1n) is 5.96. The van der Waals surface area contributed by atoms with Gasteiger partial charge in [-0.1, -0.05) is 18.5 Å². The molecule has 0 aliphatic rings. The van der Waals surface area contributed by atoms with Crippen LogP contribution in [0.25, 0.3) is 10.9 Å². The van der Waals surface area contributed by atoms with Crippen LogP contribution in [0, 0.1) is 5.92 Å². The minimum atomic E-state index is -0.827. The number of rotatable bonds is 5. The molecule has 0 aliphatic carbocycles. The van der Waals surface area contributed by atoms with E-state index in [-0.39, 0.29) is 5.56 Å². The molecule has 0 saturated carbocycles. The normalized spacial score (nSPS) is 12.5. The Kier molecular flexibility index (Phi) is 4.67. The molecule has 0 amide bonds. The van der Waals surface area contributed by atoms with Crippen molar-refractivity contribution in [2.45, 2.75) is 12.7 Å². The Hall–Kier alpha value is -1.53. The molecule has 1 heterocycles. The van der Waals surface area contributed by atoms with Crippen LogP contribution in [0.3, 0.4) is 0 Å². The molecule has 0 saturated heterocycles. The quantitative estimate of drug-likeness (QED) is 0.886. The number of nitrogens with zero attached hydrogens (tertiary/aromatic N) is 1. The molecule has 2 rings (SSSR count). The van der Waals surface area contributed by atoms with Crippen LogP contribution < -0.4 is 5.56 Å². The summed E-state index contributed by atoms with van der Waals surface area (Å²) in [6.07, 6.45) is 0. The SMILES string of the molecule is CC(CSCc1nc2ccc(Cl)cc2c(=O)[nH]1)C(=O)O. The summed E-state index contributed by atoms with van der Waals surface area (Å²) in [7, 11) is 0. The number of aliphatic carboxylic acids is 1. The highest BCUT2D eigenvalue weighted by atomic mass is 35.5. The number of H-pyrrole nitrogens is 1.